The highest BCUT2D eigenvalue weighted by Crippen LogP contribution is 2.23. The highest BCUT2D eigenvalue weighted by Gasteiger charge is 2.23. The summed E-state index contributed by atoms with van der Waals surface area (Å²) in [6.07, 6.45) is 2.51. The number of hydrogen-bond acceptors (Lipinski definition) is 3. The number of rotatable bonds is 4. The molecule has 0 aromatic heterocycles. The summed E-state index contributed by atoms with van der Waals surface area (Å²) in [5.41, 5.74) is 1.18. The Kier molecular flexibility index (Phi) is 3.80. The summed E-state index contributed by atoms with van der Waals surface area (Å²) in [6.45, 7) is 8.39. The fourth-order valence-corrected chi connectivity index (χ4v) is 2.50. The van der Waals surface area contributed by atoms with Crippen LogP contribution in [-0.4, -0.2) is 34.5 Å². The van der Waals surface area contributed by atoms with Crippen LogP contribution in [0.1, 0.15) is 25.3 Å². The van der Waals surface area contributed by atoms with Crippen LogP contribution in [-0.2, 0) is 6.54 Å². The predicted octanol–water partition coefficient (Wildman–Crippen LogP) is 2.78. The molecule has 1 fully saturated rings. The molecule has 18 heavy (non-hydrogen) atoms. The summed E-state index contributed by atoms with van der Waals surface area (Å²) in [4.78, 5) is 4.55. The van der Waals surface area contributed by atoms with Crippen molar-refractivity contribution in [2.75, 3.05) is 13.6 Å². The fraction of sp³-hybridized carbons (Fsp3) is 0.467. The summed E-state index contributed by atoms with van der Waals surface area (Å²) in [6, 6.07) is 7.95. The minimum Gasteiger partial charge on any atom is -0.508 e. The molecule has 1 heterocycles. The molecule has 3 nitrogen and oxygen atoms in total. The van der Waals surface area contributed by atoms with Gasteiger partial charge in [0.05, 0.1) is 5.82 Å². The van der Waals surface area contributed by atoms with Crippen molar-refractivity contribution in [2.24, 2.45) is 0 Å². The van der Waals surface area contributed by atoms with Crippen LogP contribution in [0.5, 0.6) is 5.75 Å². The Hall–Kier alpha value is -1.64. The molecule has 3 heteroatoms. The Morgan fingerprint density at radius 3 is 2.67 bits per heavy atom. The molecule has 98 valence electrons. The summed E-state index contributed by atoms with van der Waals surface area (Å²) < 4.78 is 0. The largest absolute Gasteiger partial charge is 0.508 e. The van der Waals surface area contributed by atoms with Crippen LogP contribution in [0.15, 0.2) is 36.7 Å². The van der Waals surface area contributed by atoms with E-state index in [9.17, 15) is 5.11 Å². The SMILES string of the molecule is C=C(N(C)Cc1ccc(O)cc1)N1CCCC1C. The van der Waals surface area contributed by atoms with Crippen LogP contribution >= 0.6 is 0 Å². The normalized spacial score (nSPS) is 19.0. The molecule has 0 bridgehead atoms. The molecule has 1 N–H and O–H groups in total. The van der Waals surface area contributed by atoms with Crippen molar-refractivity contribution >= 4 is 0 Å². The van der Waals surface area contributed by atoms with Gasteiger partial charge in [-0.05, 0) is 37.5 Å². The van der Waals surface area contributed by atoms with Crippen molar-refractivity contribution < 1.29 is 5.11 Å². The van der Waals surface area contributed by atoms with E-state index >= 15 is 0 Å². The van der Waals surface area contributed by atoms with Gasteiger partial charge in [-0.2, -0.15) is 0 Å². The van der Waals surface area contributed by atoms with Gasteiger partial charge in [-0.15, -0.1) is 0 Å². The number of hydrogen-bond donors (Lipinski definition) is 1. The molecule has 1 aliphatic heterocycles. The lowest BCUT2D eigenvalue weighted by Crippen LogP contribution is -2.34. The Balaban J connectivity index is 1.97. The second-order valence-electron chi connectivity index (χ2n) is 5.12. The van der Waals surface area contributed by atoms with Crippen LogP contribution < -0.4 is 0 Å². The quantitative estimate of drug-likeness (QED) is 0.885. The standard InChI is InChI=1S/C15H22N2O/c1-12-5-4-10-17(12)13(2)16(3)11-14-6-8-15(18)9-7-14/h6-9,12,18H,2,4-5,10-11H2,1,3H3. The number of aromatic hydroxyl groups is 1. The van der Waals surface area contributed by atoms with Gasteiger partial charge >= 0.3 is 0 Å². The van der Waals surface area contributed by atoms with E-state index in [1.165, 1.54) is 18.4 Å². The third-order valence-corrected chi connectivity index (χ3v) is 3.68. The highest BCUT2D eigenvalue weighted by molar-refractivity contribution is 5.26. The maximum atomic E-state index is 9.27. The average molecular weight is 246 g/mol. The van der Waals surface area contributed by atoms with Gasteiger partial charge in [-0.1, -0.05) is 18.7 Å². The molecule has 1 unspecified atom stereocenters. The minimum atomic E-state index is 0.313. The van der Waals surface area contributed by atoms with E-state index in [-0.39, 0.29) is 0 Å². The molecule has 0 saturated carbocycles. The number of phenolic OH excluding ortho intramolecular Hbond substituents is 1. The minimum absolute atomic E-state index is 0.313. The van der Waals surface area contributed by atoms with Crippen LogP contribution in [0.2, 0.25) is 0 Å². The van der Waals surface area contributed by atoms with Gasteiger partial charge < -0.3 is 14.9 Å². The molecule has 0 radical (unpaired) electrons. The molecule has 1 saturated heterocycles. The summed E-state index contributed by atoms with van der Waals surface area (Å²) in [5.74, 6) is 1.40. The Bertz CT molecular complexity index is 413. The van der Waals surface area contributed by atoms with Gasteiger partial charge in [-0.3, -0.25) is 0 Å². The monoisotopic (exact) mass is 246 g/mol. The van der Waals surface area contributed by atoms with E-state index in [1.807, 2.05) is 12.1 Å². The van der Waals surface area contributed by atoms with Gasteiger partial charge in [0.1, 0.15) is 5.75 Å². The zero-order valence-electron chi connectivity index (χ0n) is 11.3. The van der Waals surface area contributed by atoms with Crippen molar-refractivity contribution in [2.45, 2.75) is 32.4 Å². The molecule has 1 atom stereocenters. The number of benzene rings is 1. The fourth-order valence-electron chi connectivity index (χ4n) is 2.50. The predicted molar refractivity (Wildman–Crippen MR) is 74.1 cm³/mol. The molecular weight excluding hydrogens is 224 g/mol. The van der Waals surface area contributed by atoms with Crippen LogP contribution in [0.3, 0.4) is 0 Å². The summed E-state index contributed by atoms with van der Waals surface area (Å²) in [5, 5.41) is 9.27. The van der Waals surface area contributed by atoms with E-state index in [4.69, 9.17) is 0 Å². The molecule has 2 rings (SSSR count). The smallest absolute Gasteiger partial charge is 0.115 e. The second-order valence-corrected chi connectivity index (χ2v) is 5.12. The lowest BCUT2D eigenvalue weighted by Gasteiger charge is -2.33. The third kappa shape index (κ3) is 2.78. The molecule has 0 amide bonds. The van der Waals surface area contributed by atoms with Crippen molar-refractivity contribution in [3.63, 3.8) is 0 Å². The Morgan fingerprint density at radius 1 is 1.44 bits per heavy atom. The summed E-state index contributed by atoms with van der Waals surface area (Å²) in [7, 11) is 2.07. The van der Waals surface area contributed by atoms with Gasteiger partial charge in [0.25, 0.3) is 0 Å². The first kappa shape index (κ1) is 12.8. The Labute approximate surface area is 109 Å². The van der Waals surface area contributed by atoms with Gasteiger partial charge in [0, 0.05) is 26.2 Å². The van der Waals surface area contributed by atoms with E-state index < -0.39 is 0 Å². The zero-order chi connectivity index (χ0) is 13.1. The zero-order valence-corrected chi connectivity index (χ0v) is 11.3. The lowest BCUT2D eigenvalue weighted by molar-refractivity contribution is 0.227. The lowest BCUT2D eigenvalue weighted by atomic mass is 10.2. The van der Waals surface area contributed by atoms with E-state index in [0.29, 0.717) is 11.8 Å². The first-order valence-electron chi connectivity index (χ1n) is 6.52. The highest BCUT2D eigenvalue weighted by atomic mass is 16.3. The average Bonchev–Trinajstić information content (AvgIpc) is 2.77. The van der Waals surface area contributed by atoms with E-state index in [1.54, 1.807) is 12.1 Å². The van der Waals surface area contributed by atoms with Gasteiger partial charge in [0.15, 0.2) is 0 Å². The molecule has 0 spiro atoms. The number of phenols is 1. The van der Waals surface area contributed by atoms with Crippen LogP contribution in [0.4, 0.5) is 0 Å². The number of likely N-dealkylation sites (tertiary alicyclic amines) is 1. The molecule has 0 aliphatic carbocycles. The number of nitrogens with zero attached hydrogens (tertiary/aromatic N) is 2. The van der Waals surface area contributed by atoms with Crippen LogP contribution in [0, 0.1) is 0 Å². The van der Waals surface area contributed by atoms with Crippen molar-refractivity contribution in [1.29, 1.82) is 0 Å². The topological polar surface area (TPSA) is 26.7 Å². The van der Waals surface area contributed by atoms with Crippen molar-refractivity contribution in [3.05, 3.63) is 42.2 Å². The molecule has 1 aromatic rings. The first-order chi connectivity index (χ1) is 8.58. The van der Waals surface area contributed by atoms with E-state index in [0.717, 1.165) is 18.9 Å². The van der Waals surface area contributed by atoms with Crippen molar-refractivity contribution in [1.82, 2.24) is 9.80 Å². The van der Waals surface area contributed by atoms with E-state index in [2.05, 4.69) is 30.4 Å². The molecule has 1 aromatic carbocycles. The van der Waals surface area contributed by atoms with Gasteiger partial charge in [-0.25, -0.2) is 0 Å². The Morgan fingerprint density at radius 2 is 2.11 bits per heavy atom. The van der Waals surface area contributed by atoms with Crippen molar-refractivity contribution in [3.8, 4) is 5.75 Å². The maximum Gasteiger partial charge on any atom is 0.115 e. The second kappa shape index (κ2) is 5.34. The van der Waals surface area contributed by atoms with Gasteiger partial charge in [0.2, 0.25) is 0 Å². The van der Waals surface area contributed by atoms with Crippen LogP contribution in [0.25, 0.3) is 0 Å². The molecule has 1 aliphatic rings. The summed E-state index contributed by atoms with van der Waals surface area (Å²) >= 11 is 0. The molecular formula is C15H22N2O. The maximum absolute atomic E-state index is 9.27. The first-order valence-corrected chi connectivity index (χ1v) is 6.52. The third-order valence-electron chi connectivity index (χ3n) is 3.68.